The first-order valence-corrected chi connectivity index (χ1v) is 11.2. The number of rotatable bonds is 6. The van der Waals surface area contributed by atoms with Crippen LogP contribution < -0.4 is 5.56 Å². The monoisotopic (exact) mass is 479 g/mol. The number of benzene rings is 2. The summed E-state index contributed by atoms with van der Waals surface area (Å²) >= 11 is 1.23. The van der Waals surface area contributed by atoms with Gasteiger partial charge < -0.3 is 5.11 Å². The Morgan fingerprint density at radius 2 is 1.88 bits per heavy atom. The summed E-state index contributed by atoms with van der Waals surface area (Å²) in [4.78, 5) is 22.5. The van der Waals surface area contributed by atoms with Crippen LogP contribution >= 0.6 is 11.3 Å². The lowest BCUT2D eigenvalue weighted by molar-refractivity contribution is -0.0342. The minimum Gasteiger partial charge on any atom is -0.381 e. The second-order valence-corrected chi connectivity index (χ2v) is 9.01. The fraction of sp³-hybridized carbons (Fsp3) is 0.167. The van der Waals surface area contributed by atoms with Gasteiger partial charge in [0, 0.05) is 10.4 Å². The van der Waals surface area contributed by atoms with Gasteiger partial charge in [0.1, 0.15) is 34.6 Å². The fourth-order valence-corrected chi connectivity index (χ4v) is 5.06. The summed E-state index contributed by atoms with van der Waals surface area (Å²) in [5.74, 6) is -0.951. The van der Waals surface area contributed by atoms with Gasteiger partial charge in [0.05, 0.1) is 24.4 Å². The normalized spacial score (nSPS) is 14.2. The van der Waals surface area contributed by atoms with E-state index in [1.54, 1.807) is 31.2 Å². The molecule has 0 saturated carbocycles. The van der Waals surface area contributed by atoms with Crippen LogP contribution in [0.25, 0.3) is 20.7 Å². The van der Waals surface area contributed by atoms with Crippen molar-refractivity contribution in [2.45, 2.75) is 25.1 Å². The number of nitrogens with zero attached hydrogens (tertiary/aromatic N) is 5. The van der Waals surface area contributed by atoms with Crippen molar-refractivity contribution >= 4 is 21.6 Å². The molecule has 0 spiro atoms. The molecular weight excluding hydrogens is 460 g/mol. The molecule has 2 atom stereocenters. The van der Waals surface area contributed by atoms with Crippen LogP contribution in [0, 0.1) is 11.6 Å². The number of aromatic nitrogens is 5. The average Bonchev–Trinajstić information content (AvgIpc) is 3.50. The van der Waals surface area contributed by atoms with Gasteiger partial charge in [0.25, 0.3) is 5.56 Å². The molecule has 3 aromatic heterocycles. The molecule has 1 N–H and O–H groups in total. The Kier molecular flexibility index (Phi) is 5.54. The van der Waals surface area contributed by atoms with E-state index in [2.05, 4.69) is 15.1 Å². The lowest BCUT2D eigenvalue weighted by Gasteiger charge is -2.35. The second-order valence-electron chi connectivity index (χ2n) is 7.96. The SMILES string of the molecule is C[C@@H](n1cnc2cc(-c3ccc(F)cc3)sc2c1=O)[C@](O)(Cn1cncn1)c1ccccc1F. The summed E-state index contributed by atoms with van der Waals surface area (Å²) in [6.45, 7) is 1.50. The van der Waals surface area contributed by atoms with E-state index in [0.717, 1.165) is 10.4 Å². The Bertz CT molecular complexity index is 1510. The molecule has 0 aliphatic rings. The van der Waals surface area contributed by atoms with Crippen LogP contribution in [0.5, 0.6) is 0 Å². The molecule has 0 radical (unpaired) electrons. The van der Waals surface area contributed by atoms with E-state index in [9.17, 15) is 18.7 Å². The first-order valence-electron chi connectivity index (χ1n) is 10.4. The number of aliphatic hydroxyl groups is 1. The summed E-state index contributed by atoms with van der Waals surface area (Å²) in [5, 5.41) is 15.9. The zero-order chi connectivity index (χ0) is 23.9. The molecule has 0 aliphatic carbocycles. The first kappa shape index (κ1) is 22.1. The second kappa shape index (κ2) is 8.54. The van der Waals surface area contributed by atoms with Crippen molar-refractivity contribution in [1.29, 1.82) is 0 Å². The van der Waals surface area contributed by atoms with Gasteiger partial charge in [0.15, 0.2) is 0 Å². The minimum atomic E-state index is -1.84. The van der Waals surface area contributed by atoms with E-state index in [-0.39, 0.29) is 23.5 Å². The third-order valence-electron chi connectivity index (χ3n) is 5.91. The van der Waals surface area contributed by atoms with Crippen LogP contribution in [0.15, 0.2) is 78.4 Å². The Labute approximate surface area is 196 Å². The van der Waals surface area contributed by atoms with Crippen molar-refractivity contribution in [2.75, 3.05) is 0 Å². The summed E-state index contributed by atoms with van der Waals surface area (Å²) < 4.78 is 31.2. The molecule has 2 aromatic carbocycles. The highest BCUT2D eigenvalue weighted by atomic mass is 32.1. The molecule has 0 amide bonds. The van der Waals surface area contributed by atoms with E-state index in [1.165, 1.54) is 69.9 Å². The van der Waals surface area contributed by atoms with Crippen LogP contribution in [0.4, 0.5) is 8.78 Å². The van der Waals surface area contributed by atoms with Gasteiger partial charge in [0.2, 0.25) is 0 Å². The van der Waals surface area contributed by atoms with Crippen molar-refractivity contribution in [3.05, 3.63) is 101 Å². The molecule has 10 heteroatoms. The van der Waals surface area contributed by atoms with Crippen molar-refractivity contribution in [3.8, 4) is 10.4 Å². The summed E-state index contributed by atoms with van der Waals surface area (Å²) in [6.07, 6.45) is 4.08. The van der Waals surface area contributed by atoms with Crippen LogP contribution in [-0.2, 0) is 12.1 Å². The van der Waals surface area contributed by atoms with Crippen LogP contribution in [0.3, 0.4) is 0 Å². The predicted octanol–water partition coefficient (Wildman–Crippen LogP) is 4.14. The number of halogens is 2. The van der Waals surface area contributed by atoms with Gasteiger partial charge in [-0.2, -0.15) is 5.10 Å². The van der Waals surface area contributed by atoms with E-state index in [1.807, 2.05) is 0 Å². The van der Waals surface area contributed by atoms with Crippen LogP contribution in [0.2, 0.25) is 0 Å². The Balaban J connectivity index is 1.61. The van der Waals surface area contributed by atoms with Crippen molar-refractivity contribution in [2.24, 2.45) is 0 Å². The average molecular weight is 480 g/mol. The van der Waals surface area contributed by atoms with Crippen molar-refractivity contribution < 1.29 is 13.9 Å². The molecule has 7 nitrogen and oxygen atoms in total. The van der Waals surface area contributed by atoms with Gasteiger partial charge in [-0.25, -0.2) is 23.4 Å². The zero-order valence-electron chi connectivity index (χ0n) is 18.0. The molecule has 34 heavy (non-hydrogen) atoms. The lowest BCUT2D eigenvalue weighted by Crippen LogP contribution is -2.43. The molecule has 0 aliphatic heterocycles. The lowest BCUT2D eigenvalue weighted by atomic mass is 9.86. The number of hydrogen-bond donors (Lipinski definition) is 1. The number of hydrogen-bond acceptors (Lipinski definition) is 6. The van der Waals surface area contributed by atoms with Gasteiger partial charge in [-0.05, 0) is 36.8 Å². The highest BCUT2D eigenvalue weighted by molar-refractivity contribution is 7.22. The smallest absolute Gasteiger partial charge is 0.271 e. The topological polar surface area (TPSA) is 85.8 Å². The van der Waals surface area contributed by atoms with Crippen molar-refractivity contribution in [3.63, 3.8) is 0 Å². The predicted molar refractivity (Wildman–Crippen MR) is 124 cm³/mol. The van der Waals surface area contributed by atoms with E-state index >= 15 is 0 Å². The molecular formula is C24H19F2N5O2S. The van der Waals surface area contributed by atoms with Crippen molar-refractivity contribution in [1.82, 2.24) is 24.3 Å². The van der Waals surface area contributed by atoms with E-state index < -0.39 is 17.5 Å². The molecule has 172 valence electrons. The maximum absolute atomic E-state index is 14.8. The first-order chi connectivity index (χ1) is 16.4. The molecule has 0 fully saturated rings. The Hall–Kier alpha value is -3.76. The maximum atomic E-state index is 14.8. The highest BCUT2D eigenvalue weighted by Gasteiger charge is 2.40. The fourth-order valence-electron chi connectivity index (χ4n) is 4.00. The summed E-state index contributed by atoms with van der Waals surface area (Å²) in [7, 11) is 0. The van der Waals surface area contributed by atoms with Gasteiger partial charge >= 0.3 is 0 Å². The number of fused-ring (bicyclic) bond motifs is 1. The molecule has 5 rings (SSSR count). The quantitative estimate of drug-likeness (QED) is 0.396. The van der Waals surface area contributed by atoms with Gasteiger partial charge in [-0.3, -0.25) is 9.36 Å². The third kappa shape index (κ3) is 3.80. The third-order valence-corrected chi connectivity index (χ3v) is 7.07. The maximum Gasteiger partial charge on any atom is 0.271 e. The van der Waals surface area contributed by atoms with Gasteiger partial charge in [-0.15, -0.1) is 11.3 Å². The molecule has 0 unspecified atom stereocenters. The highest BCUT2D eigenvalue weighted by Crippen LogP contribution is 2.37. The largest absolute Gasteiger partial charge is 0.381 e. The minimum absolute atomic E-state index is 0.0307. The Morgan fingerprint density at radius 1 is 1.12 bits per heavy atom. The standard InChI is InChI=1S/C24H19F2N5O2S/c1-15(24(33,11-30-13-27-12-29-30)18-4-2-3-5-19(18)26)31-14-28-20-10-21(34-22(20)23(31)32)16-6-8-17(25)9-7-16/h2-10,12-15,33H,11H2,1H3/t15-,24-/m1/s1. The van der Waals surface area contributed by atoms with E-state index in [0.29, 0.717) is 10.2 Å². The summed E-state index contributed by atoms with van der Waals surface area (Å²) in [5.41, 5.74) is -0.928. The Morgan fingerprint density at radius 3 is 2.59 bits per heavy atom. The molecule has 3 heterocycles. The van der Waals surface area contributed by atoms with Crippen LogP contribution in [0.1, 0.15) is 18.5 Å². The summed E-state index contributed by atoms with van der Waals surface area (Å²) in [6, 6.07) is 12.7. The van der Waals surface area contributed by atoms with E-state index in [4.69, 9.17) is 0 Å². The van der Waals surface area contributed by atoms with Gasteiger partial charge in [-0.1, -0.05) is 30.3 Å². The zero-order valence-corrected chi connectivity index (χ0v) is 18.8. The number of thiophene rings is 1. The molecule has 0 saturated heterocycles. The van der Waals surface area contributed by atoms with Crippen LogP contribution in [-0.4, -0.2) is 29.4 Å². The molecule has 5 aromatic rings. The molecule has 0 bridgehead atoms.